The maximum Gasteiger partial charge on any atom is 0.335 e. The van der Waals surface area contributed by atoms with Gasteiger partial charge < -0.3 is 14.2 Å². The van der Waals surface area contributed by atoms with Crippen molar-refractivity contribution in [3.05, 3.63) is 52.6 Å². The second-order valence-electron chi connectivity index (χ2n) is 6.65. The smallest absolute Gasteiger partial charge is 0.335 e. The highest BCUT2D eigenvalue weighted by atomic mass is 16.5. The SMILES string of the molecule is COc1ccc(/C=C2\C(=O)NC(=O)N(c3ccc(C)c(C)c3)C2=O)c(OC)c1OC. The molecule has 2 aromatic carbocycles. The summed E-state index contributed by atoms with van der Waals surface area (Å²) in [6.07, 6.45) is 1.36. The maximum absolute atomic E-state index is 13.1. The van der Waals surface area contributed by atoms with Crippen LogP contribution in [0.25, 0.3) is 6.08 Å². The van der Waals surface area contributed by atoms with Crippen molar-refractivity contribution in [1.29, 1.82) is 0 Å². The zero-order chi connectivity index (χ0) is 22.0. The molecule has 1 fully saturated rings. The van der Waals surface area contributed by atoms with Crippen molar-refractivity contribution in [3.8, 4) is 17.2 Å². The van der Waals surface area contributed by atoms with Gasteiger partial charge in [-0.2, -0.15) is 0 Å². The lowest BCUT2D eigenvalue weighted by molar-refractivity contribution is -0.122. The molecule has 1 N–H and O–H groups in total. The van der Waals surface area contributed by atoms with Crippen LogP contribution in [-0.2, 0) is 9.59 Å². The number of amides is 4. The molecule has 0 radical (unpaired) electrons. The van der Waals surface area contributed by atoms with E-state index in [2.05, 4.69) is 5.32 Å². The topological polar surface area (TPSA) is 94.2 Å². The van der Waals surface area contributed by atoms with Crippen molar-refractivity contribution < 1.29 is 28.6 Å². The summed E-state index contributed by atoms with van der Waals surface area (Å²) in [5, 5.41) is 2.21. The highest BCUT2D eigenvalue weighted by molar-refractivity contribution is 6.39. The lowest BCUT2D eigenvalue weighted by Gasteiger charge is -2.27. The molecule has 0 bridgehead atoms. The van der Waals surface area contributed by atoms with Crippen molar-refractivity contribution in [2.24, 2.45) is 0 Å². The van der Waals surface area contributed by atoms with E-state index in [0.29, 0.717) is 28.5 Å². The van der Waals surface area contributed by atoms with Crippen molar-refractivity contribution in [2.45, 2.75) is 13.8 Å². The second kappa shape index (κ2) is 8.28. The molecule has 4 amide bonds. The number of carbonyl (C=O) groups excluding carboxylic acids is 3. The van der Waals surface area contributed by atoms with Crippen LogP contribution in [0.15, 0.2) is 35.9 Å². The number of barbiturate groups is 1. The maximum atomic E-state index is 13.1. The van der Waals surface area contributed by atoms with E-state index in [1.54, 1.807) is 24.3 Å². The van der Waals surface area contributed by atoms with E-state index in [0.717, 1.165) is 16.0 Å². The minimum Gasteiger partial charge on any atom is -0.493 e. The fraction of sp³-hybridized carbons (Fsp3) is 0.227. The van der Waals surface area contributed by atoms with Crippen molar-refractivity contribution in [3.63, 3.8) is 0 Å². The third-order valence-corrected chi connectivity index (χ3v) is 4.88. The third kappa shape index (κ3) is 3.59. The van der Waals surface area contributed by atoms with E-state index < -0.39 is 17.8 Å². The second-order valence-corrected chi connectivity index (χ2v) is 6.65. The molecule has 0 aromatic heterocycles. The molecule has 0 saturated carbocycles. The number of methoxy groups -OCH3 is 3. The van der Waals surface area contributed by atoms with Gasteiger partial charge in [0.25, 0.3) is 11.8 Å². The third-order valence-electron chi connectivity index (χ3n) is 4.88. The number of aryl methyl sites for hydroxylation is 2. The lowest BCUT2D eigenvalue weighted by Crippen LogP contribution is -2.54. The number of carbonyl (C=O) groups is 3. The van der Waals surface area contributed by atoms with E-state index in [1.165, 1.54) is 27.4 Å². The summed E-state index contributed by atoms with van der Waals surface area (Å²) in [5.74, 6) is -0.478. The van der Waals surface area contributed by atoms with Gasteiger partial charge in [-0.25, -0.2) is 9.69 Å². The van der Waals surface area contributed by atoms with Crippen molar-refractivity contribution in [2.75, 3.05) is 26.2 Å². The number of nitrogens with one attached hydrogen (secondary N) is 1. The Balaban J connectivity index is 2.10. The quantitative estimate of drug-likeness (QED) is 0.602. The molecule has 1 heterocycles. The molecule has 156 valence electrons. The minimum absolute atomic E-state index is 0.210. The first-order valence-electron chi connectivity index (χ1n) is 9.10. The van der Waals surface area contributed by atoms with Gasteiger partial charge in [-0.05, 0) is 55.3 Å². The molecule has 2 aromatic rings. The molecule has 1 aliphatic rings. The number of hydrogen-bond acceptors (Lipinski definition) is 6. The minimum atomic E-state index is -0.801. The summed E-state index contributed by atoms with van der Waals surface area (Å²) < 4.78 is 16.0. The van der Waals surface area contributed by atoms with Gasteiger partial charge in [0.2, 0.25) is 5.75 Å². The van der Waals surface area contributed by atoms with Gasteiger partial charge in [-0.15, -0.1) is 0 Å². The number of rotatable bonds is 5. The number of nitrogens with zero attached hydrogens (tertiary/aromatic N) is 1. The Bertz CT molecular complexity index is 1070. The van der Waals surface area contributed by atoms with E-state index >= 15 is 0 Å². The molecule has 3 rings (SSSR count). The first kappa shape index (κ1) is 20.9. The molecule has 0 spiro atoms. The Hall–Kier alpha value is -3.81. The molecule has 0 unspecified atom stereocenters. The molecular formula is C22H22N2O6. The molecule has 0 atom stereocenters. The molecule has 1 saturated heterocycles. The van der Waals surface area contributed by atoms with Gasteiger partial charge in [0.1, 0.15) is 5.57 Å². The predicted octanol–water partition coefficient (Wildman–Crippen LogP) is 3.00. The van der Waals surface area contributed by atoms with Gasteiger partial charge in [0, 0.05) is 5.56 Å². The fourth-order valence-electron chi connectivity index (χ4n) is 3.15. The summed E-state index contributed by atoms with van der Waals surface area (Å²) in [7, 11) is 4.38. The van der Waals surface area contributed by atoms with Crippen LogP contribution in [0.2, 0.25) is 0 Å². The first-order chi connectivity index (χ1) is 14.3. The monoisotopic (exact) mass is 410 g/mol. The Morgan fingerprint density at radius 1 is 0.867 bits per heavy atom. The molecule has 0 aliphatic carbocycles. The molecule has 30 heavy (non-hydrogen) atoms. The molecular weight excluding hydrogens is 388 g/mol. The summed E-state index contributed by atoms with van der Waals surface area (Å²) in [6, 6.07) is 7.64. The fourth-order valence-corrected chi connectivity index (χ4v) is 3.15. The normalized spacial score (nSPS) is 15.3. The van der Waals surface area contributed by atoms with E-state index in [9.17, 15) is 14.4 Å². The van der Waals surface area contributed by atoms with Gasteiger partial charge in [-0.3, -0.25) is 14.9 Å². The predicted molar refractivity (Wildman–Crippen MR) is 111 cm³/mol. The summed E-state index contributed by atoms with van der Waals surface area (Å²) in [4.78, 5) is 38.9. The Labute approximate surface area is 174 Å². The number of benzene rings is 2. The van der Waals surface area contributed by atoms with Gasteiger partial charge in [0.15, 0.2) is 11.5 Å². The Morgan fingerprint density at radius 3 is 2.17 bits per heavy atom. The summed E-state index contributed by atoms with van der Waals surface area (Å²) in [5.41, 5.74) is 2.52. The number of ether oxygens (including phenoxy) is 3. The average molecular weight is 410 g/mol. The van der Waals surface area contributed by atoms with Crippen LogP contribution in [0.1, 0.15) is 16.7 Å². The van der Waals surface area contributed by atoms with Crippen LogP contribution in [0, 0.1) is 13.8 Å². The molecule has 1 aliphatic heterocycles. The highest BCUT2D eigenvalue weighted by Gasteiger charge is 2.37. The zero-order valence-corrected chi connectivity index (χ0v) is 17.4. The lowest BCUT2D eigenvalue weighted by atomic mass is 10.0. The summed E-state index contributed by atoms with van der Waals surface area (Å²) >= 11 is 0. The average Bonchev–Trinajstić information content (AvgIpc) is 2.72. The van der Waals surface area contributed by atoms with E-state index in [-0.39, 0.29) is 5.57 Å². The Kier molecular flexibility index (Phi) is 5.77. The van der Waals surface area contributed by atoms with Gasteiger partial charge in [0.05, 0.1) is 27.0 Å². The first-order valence-corrected chi connectivity index (χ1v) is 9.10. The van der Waals surface area contributed by atoms with E-state index in [1.807, 2.05) is 19.9 Å². The largest absolute Gasteiger partial charge is 0.493 e. The number of anilines is 1. The van der Waals surface area contributed by atoms with Crippen LogP contribution in [0.5, 0.6) is 17.2 Å². The van der Waals surface area contributed by atoms with Gasteiger partial charge in [-0.1, -0.05) is 6.07 Å². The molecule has 8 nitrogen and oxygen atoms in total. The number of urea groups is 1. The zero-order valence-electron chi connectivity index (χ0n) is 17.4. The van der Waals surface area contributed by atoms with Crippen LogP contribution in [-0.4, -0.2) is 39.2 Å². The van der Waals surface area contributed by atoms with Crippen LogP contribution < -0.4 is 24.4 Å². The molecule has 8 heteroatoms. The van der Waals surface area contributed by atoms with Crippen LogP contribution in [0.4, 0.5) is 10.5 Å². The summed E-state index contributed by atoms with van der Waals surface area (Å²) in [6.45, 7) is 3.80. The number of hydrogen-bond donors (Lipinski definition) is 1. The van der Waals surface area contributed by atoms with Gasteiger partial charge >= 0.3 is 6.03 Å². The van der Waals surface area contributed by atoms with Crippen LogP contribution in [0.3, 0.4) is 0 Å². The van der Waals surface area contributed by atoms with E-state index in [4.69, 9.17) is 14.2 Å². The highest BCUT2D eigenvalue weighted by Crippen LogP contribution is 2.40. The standard InChI is InChI=1S/C22H22N2O6/c1-12-6-8-15(10-13(12)2)24-21(26)16(20(25)23-22(24)27)11-14-7-9-17(28-3)19(30-5)18(14)29-4/h6-11H,1-5H3,(H,23,25,27)/b16-11+. The Morgan fingerprint density at radius 2 is 1.57 bits per heavy atom. The van der Waals surface area contributed by atoms with Crippen LogP contribution >= 0.6 is 0 Å². The number of imide groups is 2. The van der Waals surface area contributed by atoms with Crippen molar-refractivity contribution in [1.82, 2.24) is 5.32 Å². The van der Waals surface area contributed by atoms with Crippen molar-refractivity contribution >= 4 is 29.6 Å².